The monoisotopic (exact) mass is 794 g/mol. The van der Waals surface area contributed by atoms with E-state index in [9.17, 15) is 19.5 Å². The highest BCUT2D eigenvalue weighted by molar-refractivity contribution is 6.06. The van der Waals surface area contributed by atoms with E-state index in [1.165, 1.54) is 10.5 Å². The number of carbonyl (C=O) groups is 3. The fourth-order valence-electron chi connectivity index (χ4n) is 8.09. The van der Waals surface area contributed by atoms with Gasteiger partial charge in [0.15, 0.2) is 6.29 Å². The highest BCUT2D eigenvalue weighted by Crippen LogP contribution is 2.39. The molecular weight excluding hydrogens is 745 g/mol. The highest BCUT2D eigenvalue weighted by atomic mass is 16.7. The minimum absolute atomic E-state index is 0.0136. The van der Waals surface area contributed by atoms with Crippen molar-refractivity contribution >= 4 is 17.9 Å². The number of ether oxygens (including phenoxy) is 3. The van der Waals surface area contributed by atoms with Crippen molar-refractivity contribution in [1.82, 2.24) is 20.0 Å². The van der Waals surface area contributed by atoms with Gasteiger partial charge in [-0.05, 0) is 38.9 Å². The molecule has 1 unspecified atom stereocenters. The van der Waals surface area contributed by atoms with Crippen LogP contribution in [0.25, 0.3) is 11.1 Å². The number of aliphatic hydroxyl groups is 1. The quantitative estimate of drug-likeness (QED) is 0.125. The Morgan fingerprint density at radius 1 is 0.695 bits per heavy atom. The number of carbonyl (C=O) groups excluding carboxylic acids is 3. The molecule has 8 rings (SSSR count). The zero-order chi connectivity index (χ0) is 40.6. The molecule has 11 nitrogen and oxygen atoms in total. The number of piperazine rings is 1. The first-order chi connectivity index (χ1) is 28.9. The fraction of sp³-hybridized carbons (Fsp3) is 0.312. The Kier molecular flexibility index (Phi) is 12.9. The zero-order valence-electron chi connectivity index (χ0n) is 33.0. The van der Waals surface area contributed by atoms with E-state index in [4.69, 9.17) is 14.2 Å². The average Bonchev–Trinajstić information content (AvgIpc) is 3.54. The van der Waals surface area contributed by atoms with Gasteiger partial charge >= 0.3 is 6.09 Å². The summed E-state index contributed by atoms with van der Waals surface area (Å²) in [5.41, 5.74) is 7.54. The largest absolute Gasteiger partial charge is 0.445 e. The minimum Gasteiger partial charge on any atom is -0.445 e. The van der Waals surface area contributed by atoms with Crippen LogP contribution in [0, 0.1) is 0 Å². The SMILES string of the molecule is O=C(NC1CC(=O)N(Cc2ccccc2-c2ccc([C@@H]3O[C@H](CN4CCN(Cc5ccccc5)CC4)C[C@H](c4ccc(CO)cc4)O3)cc2)C1=O)OCc1ccccc1. The Bertz CT molecular complexity index is 2180. The van der Waals surface area contributed by atoms with E-state index in [-0.39, 0.29) is 44.3 Å². The molecule has 4 atom stereocenters. The third-order valence-corrected chi connectivity index (χ3v) is 11.4. The topological polar surface area (TPSA) is 121 Å². The van der Waals surface area contributed by atoms with E-state index in [2.05, 4.69) is 45.4 Å². The number of aliphatic hydroxyl groups excluding tert-OH is 1. The molecule has 0 aromatic heterocycles. The first-order valence-electron chi connectivity index (χ1n) is 20.4. The van der Waals surface area contributed by atoms with Gasteiger partial charge in [-0.25, -0.2) is 4.79 Å². The van der Waals surface area contributed by atoms with Gasteiger partial charge in [-0.1, -0.05) is 133 Å². The minimum atomic E-state index is -0.989. The first kappa shape index (κ1) is 40.1. The van der Waals surface area contributed by atoms with Crippen LogP contribution in [0.2, 0.25) is 0 Å². The van der Waals surface area contributed by atoms with Gasteiger partial charge in [0.05, 0.1) is 31.8 Å². The summed E-state index contributed by atoms with van der Waals surface area (Å²) in [6, 6.07) is 42.6. The Balaban J connectivity index is 0.923. The van der Waals surface area contributed by atoms with Crippen molar-refractivity contribution in [3.05, 3.63) is 167 Å². The van der Waals surface area contributed by atoms with Crippen molar-refractivity contribution in [2.24, 2.45) is 0 Å². The third-order valence-electron chi connectivity index (χ3n) is 11.4. The first-order valence-corrected chi connectivity index (χ1v) is 20.4. The van der Waals surface area contributed by atoms with Crippen molar-refractivity contribution in [2.75, 3.05) is 32.7 Å². The number of benzene rings is 5. The normalized spacial score (nSPS) is 21.4. The van der Waals surface area contributed by atoms with Crippen molar-refractivity contribution in [3.8, 4) is 11.1 Å². The van der Waals surface area contributed by atoms with Gasteiger partial charge in [-0.2, -0.15) is 0 Å². The van der Waals surface area contributed by atoms with E-state index >= 15 is 0 Å². The van der Waals surface area contributed by atoms with Crippen molar-refractivity contribution in [1.29, 1.82) is 0 Å². The van der Waals surface area contributed by atoms with E-state index in [1.54, 1.807) is 0 Å². The van der Waals surface area contributed by atoms with E-state index in [0.717, 1.165) is 78.2 Å². The molecule has 3 heterocycles. The smallest absolute Gasteiger partial charge is 0.408 e. The summed E-state index contributed by atoms with van der Waals surface area (Å²) >= 11 is 0. The Hall–Kier alpha value is -5.69. The summed E-state index contributed by atoms with van der Waals surface area (Å²) in [6.45, 7) is 5.80. The second-order valence-electron chi connectivity index (χ2n) is 15.5. The van der Waals surface area contributed by atoms with Gasteiger partial charge in [0.1, 0.15) is 12.6 Å². The zero-order valence-corrected chi connectivity index (χ0v) is 33.0. The van der Waals surface area contributed by atoms with E-state index in [1.807, 2.05) is 103 Å². The number of amides is 3. The number of likely N-dealkylation sites (tertiary alicyclic amines) is 1. The van der Waals surface area contributed by atoms with Gasteiger partial charge in [0.25, 0.3) is 5.91 Å². The molecule has 0 saturated carbocycles. The van der Waals surface area contributed by atoms with Crippen LogP contribution in [0.3, 0.4) is 0 Å². The molecule has 0 bridgehead atoms. The molecule has 2 N–H and O–H groups in total. The number of rotatable bonds is 13. The molecule has 304 valence electrons. The number of imide groups is 1. The number of nitrogens with one attached hydrogen (secondary N) is 1. The summed E-state index contributed by atoms with van der Waals surface area (Å²) in [6.07, 6.45) is -1.01. The van der Waals surface area contributed by atoms with Crippen LogP contribution in [0.15, 0.2) is 133 Å². The molecule has 0 spiro atoms. The molecule has 0 aliphatic carbocycles. The molecule has 5 aromatic rings. The van der Waals surface area contributed by atoms with Crippen LogP contribution >= 0.6 is 0 Å². The molecule has 59 heavy (non-hydrogen) atoms. The lowest BCUT2D eigenvalue weighted by molar-refractivity contribution is -0.253. The van der Waals surface area contributed by atoms with Crippen LogP contribution in [-0.4, -0.2) is 82.6 Å². The molecule has 0 radical (unpaired) electrons. The van der Waals surface area contributed by atoms with Crippen molar-refractivity contribution in [3.63, 3.8) is 0 Å². The van der Waals surface area contributed by atoms with Gasteiger partial charge < -0.3 is 24.6 Å². The summed E-state index contributed by atoms with van der Waals surface area (Å²) in [5, 5.41) is 12.2. The maximum atomic E-state index is 13.4. The lowest BCUT2D eigenvalue weighted by Crippen LogP contribution is -2.49. The lowest BCUT2D eigenvalue weighted by Gasteiger charge is -2.40. The third kappa shape index (κ3) is 10.1. The molecule has 3 aliphatic rings. The van der Waals surface area contributed by atoms with E-state index in [0.29, 0.717) is 6.42 Å². The fourth-order valence-corrected chi connectivity index (χ4v) is 8.09. The highest BCUT2D eigenvalue weighted by Gasteiger charge is 2.40. The summed E-state index contributed by atoms with van der Waals surface area (Å²) in [5.74, 6) is -0.822. The number of hydrogen-bond donors (Lipinski definition) is 2. The van der Waals surface area contributed by atoms with Crippen molar-refractivity contribution < 1.29 is 33.7 Å². The van der Waals surface area contributed by atoms with Crippen LogP contribution in [0.1, 0.15) is 58.6 Å². The van der Waals surface area contributed by atoms with Gasteiger partial charge in [-0.3, -0.25) is 24.3 Å². The van der Waals surface area contributed by atoms with Crippen molar-refractivity contribution in [2.45, 2.75) is 63.7 Å². The second kappa shape index (κ2) is 18.9. The second-order valence-corrected chi connectivity index (χ2v) is 15.5. The predicted octanol–water partition coefficient (Wildman–Crippen LogP) is 6.76. The summed E-state index contributed by atoms with van der Waals surface area (Å²) < 4.78 is 18.7. The molecule has 3 saturated heterocycles. The molecule has 3 fully saturated rings. The summed E-state index contributed by atoms with van der Waals surface area (Å²) in [7, 11) is 0. The summed E-state index contributed by atoms with van der Waals surface area (Å²) in [4.78, 5) is 45.2. The molecule has 11 heteroatoms. The Morgan fingerprint density at radius 3 is 2.05 bits per heavy atom. The van der Waals surface area contributed by atoms with Gasteiger partial charge in [0.2, 0.25) is 5.91 Å². The molecule has 5 aromatic carbocycles. The predicted molar refractivity (Wildman–Crippen MR) is 222 cm³/mol. The van der Waals surface area contributed by atoms with Crippen LogP contribution < -0.4 is 5.32 Å². The number of alkyl carbamates (subject to hydrolysis) is 1. The molecule has 3 aliphatic heterocycles. The van der Waals surface area contributed by atoms with Crippen LogP contribution in [-0.2, 0) is 50.1 Å². The van der Waals surface area contributed by atoms with Gasteiger partial charge in [-0.15, -0.1) is 0 Å². The maximum Gasteiger partial charge on any atom is 0.408 e. The standard InChI is InChI=1S/C48H50N4O7/c53-32-35-15-17-38(18-16-35)44-27-41(31-51-25-23-50(24-26-51)29-34-9-3-1-4-10-34)58-47(59-44)39-21-19-37(20-22-39)42-14-8-7-13-40(42)30-52-45(54)28-43(46(52)55)49-48(56)57-33-36-11-5-2-6-12-36/h1-22,41,43-44,47,53H,23-33H2,(H,49,56)/t41-,43?,44+,47+/m0/s1. The Morgan fingerprint density at radius 2 is 1.34 bits per heavy atom. The lowest BCUT2D eigenvalue weighted by atomic mass is 9.97. The number of hydrogen-bond acceptors (Lipinski definition) is 9. The Labute approximate surface area is 345 Å². The van der Waals surface area contributed by atoms with Crippen LogP contribution in [0.4, 0.5) is 4.79 Å². The van der Waals surface area contributed by atoms with E-state index < -0.39 is 24.3 Å². The van der Waals surface area contributed by atoms with Crippen LogP contribution in [0.5, 0.6) is 0 Å². The van der Waals surface area contributed by atoms with Gasteiger partial charge in [0, 0.05) is 51.3 Å². The molecule has 3 amide bonds. The number of nitrogens with zero attached hydrogens (tertiary/aromatic N) is 3. The molecular formula is C48H50N4O7. The maximum absolute atomic E-state index is 13.4. The average molecular weight is 795 g/mol.